The number of carbonyl (C=O) groups excluding carboxylic acids is 1. The fraction of sp³-hybridized carbons (Fsp3) is 0.143. The van der Waals surface area contributed by atoms with Gasteiger partial charge in [-0.1, -0.05) is 30.3 Å². The Morgan fingerprint density at radius 3 is 2.54 bits per heavy atom. The standard InChI is InChI=1S/C21H19FN2O2S2/c1-3-26-20(25)18-16(14-8-10-15(22)11-9-14)12-28-19(18)24-21(27)23-17-7-5-4-6-13(17)2/h4-12H,3H2,1-2H3,(H2,23,24,27). The highest BCUT2D eigenvalue weighted by molar-refractivity contribution is 7.80. The molecule has 0 atom stereocenters. The van der Waals surface area contributed by atoms with Gasteiger partial charge in [0.2, 0.25) is 0 Å². The molecule has 0 saturated carbocycles. The average molecular weight is 415 g/mol. The van der Waals surface area contributed by atoms with E-state index in [1.165, 1.54) is 23.5 Å². The van der Waals surface area contributed by atoms with Crippen molar-refractivity contribution in [2.24, 2.45) is 0 Å². The van der Waals surface area contributed by atoms with Gasteiger partial charge >= 0.3 is 5.97 Å². The highest BCUT2D eigenvalue weighted by atomic mass is 32.1. The molecule has 0 bridgehead atoms. The number of carbonyl (C=O) groups is 1. The van der Waals surface area contributed by atoms with E-state index in [1.54, 1.807) is 19.1 Å². The smallest absolute Gasteiger partial charge is 0.341 e. The molecule has 0 aliphatic heterocycles. The van der Waals surface area contributed by atoms with Crippen LogP contribution in [0.4, 0.5) is 15.1 Å². The average Bonchev–Trinajstić information content (AvgIpc) is 3.08. The molecule has 3 aromatic rings. The van der Waals surface area contributed by atoms with Crippen molar-refractivity contribution >= 4 is 45.3 Å². The number of thiophene rings is 1. The first-order valence-electron chi connectivity index (χ1n) is 8.67. The second-order valence-corrected chi connectivity index (χ2v) is 7.26. The lowest BCUT2D eigenvalue weighted by Crippen LogP contribution is -2.20. The molecule has 0 radical (unpaired) electrons. The van der Waals surface area contributed by atoms with Gasteiger partial charge in [0.25, 0.3) is 0 Å². The van der Waals surface area contributed by atoms with Crippen molar-refractivity contribution in [3.8, 4) is 11.1 Å². The summed E-state index contributed by atoms with van der Waals surface area (Å²) in [5, 5.41) is 9.00. The number of thiocarbonyl (C=S) groups is 1. The zero-order chi connectivity index (χ0) is 20.1. The predicted molar refractivity (Wildman–Crippen MR) is 117 cm³/mol. The predicted octanol–water partition coefficient (Wildman–Crippen LogP) is 5.85. The van der Waals surface area contributed by atoms with Crippen LogP contribution in [-0.2, 0) is 4.74 Å². The zero-order valence-electron chi connectivity index (χ0n) is 15.4. The fourth-order valence-electron chi connectivity index (χ4n) is 2.67. The number of hydrogen-bond donors (Lipinski definition) is 2. The van der Waals surface area contributed by atoms with Gasteiger partial charge in [-0.05, 0) is 55.4 Å². The molecule has 2 N–H and O–H groups in total. The molecule has 1 aromatic heterocycles. The van der Waals surface area contributed by atoms with Gasteiger partial charge in [-0.3, -0.25) is 0 Å². The minimum atomic E-state index is -0.454. The van der Waals surface area contributed by atoms with Gasteiger partial charge in [0.15, 0.2) is 5.11 Å². The quantitative estimate of drug-likeness (QED) is 0.405. The number of rotatable bonds is 5. The number of halogens is 1. The van der Waals surface area contributed by atoms with Crippen LogP contribution in [0, 0.1) is 12.7 Å². The number of ether oxygens (including phenoxy) is 1. The van der Waals surface area contributed by atoms with Gasteiger partial charge in [-0.25, -0.2) is 9.18 Å². The molecule has 144 valence electrons. The number of para-hydroxylation sites is 1. The highest BCUT2D eigenvalue weighted by Crippen LogP contribution is 2.36. The van der Waals surface area contributed by atoms with Crippen molar-refractivity contribution in [3.05, 3.63) is 70.9 Å². The first-order chi connectivity index (χ1) is 13.5. The summed E-state index contributed by atoms with van der Waals surface area (Å²) in [5.41, 5.74) is 3.71. The topological polar surface area (TPSA) is 50.4 Å². The largest absolute Gasteiger partial charge is 0.462 e. The zero-order valence-corrected chi connectivity index (χ0v) is 17.0. The van der Waals surface area contributed by atoms with Crippen molar-refractivity contribution in [2.45, 2.75) is 13.8 Å². The van der Waals surface area contributed by atoms with E-state index < -0.39 is 5.97 Å². The first kappa shape index (κ1) is 20.0. The maximum Gasteiger partial charge on any atom is 0.341 e. The van der Waals surface area contributed by atoms with E-state index in [9.17, 15) is 9.18 Å². The molecule has 7 heteroatoms. The van der Waals surface area contributed by atoms with Crippen LogP contribution >= 0.6 is 23.6 Å². The summed E-state index contributed by atoms with van der Waals surface area (Å²) in [6.45, 7) is 3.98. The Morgan fingerprint density at radius 2 is 1.86 bits per heavy atom. The minimum absolute atomic E-state index is 0.253. The van der Waals surface area contributed by atoms with E-state index in [4.69, 9.17) is 17.0 Å². The molecule has 2 aromatic carbocycles. The Bertz CT molecular complexity index is 1000. The monoisotopic (exact) mass is 414 g/mol. The summed E-state index contributed by atoms with van der Waals surface area (Å²) in [6.07, 6.45) is 0. The van der Waals surface area contributed by atoms with Gasteiger partial charge in [0.05, 0.1) is 6.61 Å². The van der Waals surface area contributed by atoms with Crippen LogP contribution in [0.1, 0.15) is 22.8 Å². The maximum absolute atomic E-state index is 13.3. The van der Waals surface area contributed by atoms with Crippen LogP contribution in [0.25, 0.3) is 11.1 Å². The molecular formula is C21H19FN2O2S2. The van der Waals surface area contributed by atoms with Crippen LogP contribution in [0.3, 0.4) is 0 Å². The lowest BCUT2D eigenvalue weighted by atomic mass is 10.0. The van der Waals surface area contributed by atoms with Crippen molar-refractivity contribution in [1.29, 1.82) is 0 Å². The molecule has 0 unspecified atom stereocenters. The molecule has 0 aliphatic rings. The van der Waals surface area contributed by atoms with Crippen LogP contribution < -0.4 is 10.6 Å². The van der Waals surface area contributed by atoms with Gasteiger partial charge < -0.3 is 15.4 Å². The van der Waals surface area contributed by atoms with E-state index in [-0.39, 0.29) is 12.4 Å². The Balaban J connectivity index is 1.90. The third kappa shape index (κ3) is 4.55. The van der Waals surface area contributed by atoms with Crippen LogP contribution in [0.5, 0.6) is 0 Å². The molecule has 0 saturated heterocycles. The molecular weight excluding hydrogens is 395 g/mol. The van der Waals surface area contributed by atoms with Crippen LogP contribution in [0.15, 0.2) is 53.9 Å². The molecule has 4 nitrogen and oxygen atoms in total. The van der Waals surface area contributed by atoms with Gasteiger partial charge in [0, 0.05) is 16.6 Å². The first-order valence-corrected chi connectivity index (χ1v) is 9.96. The SMILES string of the molecule is CCOC(=O)c1c(-c2ccc(F)cc2)csc1NC(=S)Nc1ccccc1C. The fourth-order valence-corrected chi connectivity index (χ4v) is 3.91. The molecule has 28 heavy (non-hydrogen) atoms. The van der Waals surface area contributed by atoms with Crippen LogP contribution in [-0.4, -0.2) is 17.7 Å². The lowest BCUT2D eigenvalue weighted by Gasteiger charge is -2.13. The van der Waals surface area contributed by atoms with E-state index in [2.05, 4.69) is 10.6 Å². The summed E-state index contributed by atoms with van der Waals surface area (Å²) < 4.78 is 18.5. The normalized spacial score (nSPS) is 10.4. The maximum atomic E-state index is 13.3. The second-order valence-electron chi connectivity index (χ2n) is 5.97. The number of nitrogens with one attached hydrogen (secondary N) is 2. The number of esters is 1. The summed E-state index contributed by atoms with van der Waals surface area (Å²) in [7, 11) is 0. The molecule has 0 amide bonds. The summed E-state index contributed by atoms with van der Waals surface area (Å²) in [6, 6.07) is 13.8. The Morgan fingerprint density at radius 1 is 1.14 bits per heavy atom. The minimum Gasteiger partial charge on any atom is -0.462 e. The number of anilines is 2. The van der Waals surface area contributed by atoms with Gasteiger partial charge in [0.1, 0.15) is 16.4 Å². The summed E-state index contributed by atoms with van der Waals surface area (Å²) in [4.78, 5) is 12.6. The number of hydrogen-bond acceptors (Lipinski definition) is 4. The van der Waals surface area contributed by atoms with Crippen LogP contribution in [0.2, 0.25) is 0 Å². The van der Waals surface area contributed by atoms with E-state index in [1.807, 2.05) is 36.6 Å². The molecule has 3 rings (SSSR count). The molecule has 0 fully saturated rings. The van der Waals surface area contributed by atoms with Crippen molar-refractivity contribution in [3.63, 3.8) is 0 Å². The van der Waals surface area contributed by atoms with E-state index in [0.29, 0.717) is 21.2 Å². The molecule has 0 spiro atoms. The molecule has 0 aliphatic carbocycles. The Kier molecular flexibility index (Phi) is 6.38. The summed E-state index contributed by atoms with van der Waals surface area (Å²) in [5.74, 6) is -0.789. The lowest BCUT2D eigenvalue weighted by molar-refractivity contribution is 0.0529. The Hall–Kier alpha value is -2.77. The van der Waals surface area contributed by atoms with Crippen molar-refractivity contribution in [1.82, 2.24) is 0 Å². The van der Waals surface area contributed by atoms with E-state index >= 15 is 0 Å². The summed E-state index contributed by atoms with van der Waals surface area (Å²) >= 11 is 6.75. The molecule has 1 heterocycles. The van der Waals surface area contributed by atoms with Crippen molar-refractivity contribution in [2.75, 3.05) is 17.2 Å². The second kappa shape index (κ2) is 8.95. The number of benzene rings is 2. The third-order valence-corrected chi connectivity index (χ3v) is 5.15. The highest BCUT2D eigenvalue weighted by Gasteiger charge is 2.22. The van der Waals surface area contributed by atoms with E-state index in [0.717, 1.165) is 16.8 Å². The van der Waals surface area contributed by atoms with Crippen molar-refractivity contribution < 1.29 is 13.9 Å². The third-order valence-electron chi connectivity index (χ3n) is 4.05. The van der Waals surface area contributed by atoms with Gasteiger partial charge in [-0.2, -0.15) is 0 Å². The number of aryl methyl sites for hydroxylation is 1. The Labute approximate surface area is 172 Å². The van der Waals surface area contributed by atoms with Gasteiger partial charge in [-0.15, -0.1) is 11.3 Å².